The molecule has 0 aliphatic heterocycles. The normalized spacial score (nSPS) is 12.7. The number of aromatic nitrogens is 2. The number of nitrogens with zero attached hydrogens (tertiary/aromatic N) is 2. The Hall–Kier alpha value is -8.14. The summed E-state index contributed by atoms with van der Waals surface area (Å²) in [5.41, 5.74) is 21.1. The molecule has 1 aliphatic carbocycles. The van der Waals surface area contributed by atoms with Crippen LogP contribution in [0.15, 0.2) is 223 Å². The van der Waals surface area contributed by atoms with E-state index in [1.54, 1.807) is 0 Å². The Kier molecular flexibility index (Phi) is 8.84. The smallest absolute Gasteiger partial charge is 0.160 e. The molecule has 0 saturated carbocycles. The minimum atomic E-state index is -0.0593. The van der Waals surface area contributed by atoms with Gasteiger partial charge in [0, 0.05) is 32.9 Å². The van der Waals surface area contributed by atoms with E-state index in [0.717, 1.165) is 72.3 Å². The molecule has 0 spiro atoms. The second-order valence-corrected chi connectivity index (χ2v) is 17.4. The fourth-order valence-corrected chi connectivity index (χ4v) is 9.78. The van der Waals surface area contributed by atoms with Crippen LogP contribution in [0.4, 0.5) is 0 Å². The molecule has 3 nitrogen and oxygen atoms in total. The van der Waals surface area contributed by atoms with Gasteiger partial charge in [0.1, 0.15) is 11.2 Å². The highest BCUT2D eigenvalue weighted by Gasteiger charge is 2.36. The third kappa shape index (κ3) is 6.44. The molecule has 302 valence electrons. The fraction of sp³-hybridized carbons (Fsp3) is 0.0492. The maximum atomic E-state index is 6.24. The van der Waals surface area contributed by atoms with Gasteiger partial charge in [-0.05, 0) is 109 Å². The number of para-hydroxylation sites is 1. The van der Waals surface area contributed by atoms with Gasteiger partial charge in [-0.1, -0.05) is 190 Å². The molecular weight excluding hydrogens is 777 g/mol. The average Bonchev–Trinajstić information content (AvgIpc) is 3.85. The SMILES string of the molecule is CC1(C)c2ccccc2-c2c(-c3ccc(-c4cc(-c5cc(-c6ccc(-c7ccccc7)cc6)cc(-c6ccc7oc8ccccc8c7c6)c5)nc(-c5ccccc5)n4)cc3)cccc21. The van der Waals surface area contributed by atoms with Gasteiger partial charge in [0.25, 0.3) is 0 Å². The molecule has 0 N–H and O–H groups in total. The Morgan fingerprint density at radius 1 is 0.328 bits per heavy atom. The minimum absolute atomic E-state index is 0.0593. The van der Waals surface area contributed by atoms with Crippen LogP contribution in [-0.2, 0) is 5.41 Å². The van der Waals surface area contributed by atoms with Gasteiger partial charge in [-0.25, -0.2) is 9.97 Å². The fourth-order valence-electron chi connectivity index (χ4n) is 9.78. The molecule has 0 radical (unpaired) electrons. The van der Waals surface area contributed by atoms with Gasteiger partial charge in [-0.15, -0.1) is 0 Å². The number of fused-ring (bicyclic) bond motifs is 6. The summed E-state index contributed by atoms with van der Waals surface area (Å²) in [6, 6.07) is 78.0. The Labute approximate surface area is 373 Å². The van der Waals surface area contributed by atoms with Gasteiger partial charge < -0.3 is 4.42 Å². The van der Waals surface area contributed by atoms with Crippen LogP contribution in [0, 0.1) is 0 Å². The first kappa shape index (κ1) is 37.6. The van der Waals surface area contributed by atoms with Crippen molar-refractivity contribution < 1.29 is 4.42 Å². The summed E-state index contributed by atoms with van der Waals surface area (Å²) in [6.45, 7) is 4.67. The van der Waals surface area contributed by atoms with Crippen molar-refractivity contribution in [1.82, 2.24) is 9.97 Å². The summed E-state index contributed by atoms with van der Waals surface area (Å²) in [5.74, 6) is 0.683. The molecule has 0 saturated heterocycles. The monoisotopic (exact) mass is 818 g/mol. The first-order valence-corrected chi connectivity index (χ1v) is 22.0. The zero-order valence-corrected chi connectivity index (χ0v) is 35.6. The van der Waals surface area contributed by atoms with Crippen LogP contribution in [0.25, 0.3) is 111 Å². The van der Waals surface area contributed by atoms with Gasteiger partial charge in [0.15, 0.2) is 5.82 Å². The third-order valence-corrected chi connectivity index (χ3v) is 13.1. The zero-order chi connectivity index (χ0) is 42.8. The molecule has 0 bridgehead atoms. The topological polar surface area (TPSA) is 38.9 Å². The highest BCUT2D eigenvalue weighted by molar-refractivity contribution is 6.06. The number of hydrogen-bond donors (Lipinski definition) is 0. The molecule has 11 aromatic rings. The van der Waals surface area contributed by atoms with E-state index >= 15 is 0 Å². The molecule has 64 heavy (non-hydrogen) atoms. The maximum absolute atomic E-state index is 6.24. The van der Waals surface area contributed by atoms with Gasteiger partial charge in [0.05, 0.1) is 11.4 Å². The number of furan rings is 1. The highest BCUT2D eigenvalue weighted by atomic mass is 16.3. The molecule has 2 aromatic heterocycles. The molecule has 2 heterocycles. The summed E-state index contributed by atoms with van der Waals surface area (Å²) < 4.78 is 6.24. The average molecular weight is 819 g/mol. The Morgan fingerprint density at radius 2 is 0.844 bits per heavy atom. The highest BCUT2D eigenvalue weighted by Crippen LogP contribution is 2.52. The standard InChI is InChI=1S/C61H42N2O/c1-61(2)53-21-11-9-19-51(53)59-49(20-13-22-54(59)61)42-28-30-43(31-29-42)55-38-56(63-60(62-55)44-16-7-4-8-17-44)48-35-46(41-26-24-40(25-27-41)39-14-5-3-6-15-39)34-47(36-48)45-32-33-58-52(37-45)50-18-10-12-23-57(50)64-58/h3-38H,1-2H3. The largest absolute Gasteiger partial charge is 0.456 e. The van der Waals surface area contributed by atoms with Crippen LogP contribution in [0.3, 0.4) is 0 Å². The van der Waals surface area contributed by atoms with Crippen molar-refractivity contribution in [3.8, 4) is 89.5 Å². The first-order chi connectivity index (χ1) is 31.4. The molecule has 0 atom stereocenters. The number of benzene rings is 9. The first-order valence-electron chi connectivity index (χ1n) is 22.0. The molecular formula is C61H42N2O. The molecule has 0 unspecified atom stereocenters. The van der Waals surface area contributed by atoms with Gasteiger partial charge >= 0.3 is 0 Å². The van der Waals surface area contributed by atoms with Crippen LogP contribution in [0.1, 0.15) is 25.0 Å². The van der Waals surface area contributed by atoms with E-state index in [0.29, 0.717) is 5.82 Å². The van der Waals surface area contributed by atoms with Gasteiger partial charge in [-0.3, -0.25) is 0 Å². The van der Waals surface area contributed by atoms with E-state index in [9.17, 15) is 0 Å². The van der Waals surface area contributed by atoms with Crippen molar-refractivity contribution >= 4 is 21.9 Å². The van der Waals surface area contributed by atoms with Crippen molar-refractivity contribution in [1.29, 1.82) is 0 Å². The lowest BCUT2D eigenvalue weighted by molar-refractivity contribution is 0.660. The second kappa shape index (κ2) is 15.0. The summed E-state index contributed by atoms with van der Waals surface area (Å²) in [4.78, 5) is 10.6. The summed E-state index contributed by atoms with van der Waals surface area (Å²) in [6.07, 6.45) is 0. The van der Waals surface area contributed by atoms with E-state index in [1.165, 1.54) is 44.5 Å². The van der Waals surface area contributed by atoms with Crippen molar-refractivity contribution in [3.05, 3.63) is 230 Å². The maximum Gasteiger partial charge on any atom is 0.160 e. The molecule has 1 aliphatic rings. The molecule has 0 amide bonds. The van der Waals surface area contributed by atoms with Crippen molar-refractivity contribution in [3.63, 3.8) is 0 Å². The summed E-state index contributed by atoms with van der Waals surface area (Å²) in [5, 5.41) is 2.20. The van der Waals surface area contributed by atoms with Crippen molar-refractivity contribution in [2.45, 2.75) is 19.3 Å². The van der Waals surface area contributed by atoms with E-state index in [2.05, 4.69) is 202 Å². The van der Waals surface area contributed by atoms with Crippen LogP contribution < -0.4 is 0 Å². The van der Waals surface area contributed by atoms with Crippen molar-refractivity contribution in [2.75, 3.05) is 0 Å². The van der Waals surface area contributed by atoms with Crippen LogP contribution in [0.5, 0.6) is 0 Å². The lowest BCUT2D eigenvalue weighted by Gasteiger charge is -2.21. The summed E-state index contributed by atoms with van der Waals surface area (Å²) in [7, 11) is 0. The van der Waals surface area contributed by atoms with E-state index < -0.39 is 0 Å². The van der Waals surface area contributed by atoms with Crippen LogP contribution >= 0.6 is 0 Å². The second-order valence-electron chi connectivity index (χ2n) is 17.4. The van der Waals surface area contributed by atoms with E-state index in [-0.39, 0.29) is 5.41 Å². The zero-order valence-electron chi connectivity index (χ0n) is 35.6. The molecule has 0 fully saturated rings. The summed E-state index contributed by atoms with van der Waals surface area (Å²) >= 11 is 0. The van der Waals surface area contributed by atoms with E-state index in [1.807, 2.05) is 30.3 Å². The van der Waals surface area contributed by atoms with E-state index in [4.69, 9.17) is 14.4 Å². The lowest BCUT2D eigenvalue weighted by atomic mass is 9.82. The number of rotatable bonds is 7. The molecule has 3 heteroatoms. The Balaban J connectivity index is 1.00. The molecule has 9 aromatic carbocycles. The van der Waals surface area contributed by atoms with Crippen LogP contribution in [0.2, 0.25) is 0 Å². The Morgan fingerprint density at radius 3 is 1.61 bits per heavy atom. The quantitative estimate of drug-likeness (QED) is 0.161. The minimum Gasteiger partial charge on any atom is -0.456 e. The predicted octanol–water partition coefficient (Wildman–Crippen LogP) is 16.4. The lowest BCUT2D eigenvalue weighted by Crippen LogP contribution is -2.14. The number of hydrogen-bond acceptors (Lipinski definition) is 3. The van der Waals surface area contributed by atoms with Gasteiger partial charge in [-0.2, -0.15) is 0 Å². The van der Waals surface area contributed by atoms with Crippen molar-refractivity contribution in [2.24, 2.45) is 0 Å². The van der Waals surface area contributed by atoms with Crippen LogP contribution in [-0.4, -0.2) is 9.97 Å². The molecule has 12 rings (SSSR count). The van der Waals surface area contributed by atoms with Gasteiger partial charge in [0.2, 0.25) is 0 Å². The predicted molar refractivity (Wildman–Crippen MR) is 265 cm³/mol. The Bertz CT molecular complexity index is 3550. The third-order valence-electron chi connectivity index (χ3n) is 13.1.